The summed E-state index contributed by atoms with van der Waals surface area (Å²) in [4.78, 5) is 20.6. The summed E-state index contributed by atoms with van der Waals surface area (Å²) in [5, 5.41) is 5.00. The molecule has 1 amide bonds. The maximum Gasteiger partial charge on any atom is 0.257 e. The number of aromatic nitrogens is 2. The number of nitrogens with zero attached hydrogens (tertiary/aromatic N) is 2. The molecule has 24 heavy (non-hydrogen) atoms. The molecule has 0 atom stereocenters. The number of hydrogen-bond donors (Lipinski definition) is 1. The van der Waals surface area contributed by atoms with E-state index in [-0.39, 0.29) is 10.8 Å². The average Bonchev–Trinajstić information content (AvgIpc) is 3.03. The van der Waals surface area contributed by atoms with E-state index in [9.17, 15) is 13.2 Å². The first-order valence-electron chi connectivity index (χ1n) is 6.91. The molecule has 2 aromatic heterocycles. The third-order valence-corrected chi connectivity index (χ3v) is 5.13. The van der Waals surface area contributed by atoms with Crippen LogP contribution in [-0.4, -0.2) is 30.5 Å². The van der Waals surface area contributed by atoms with Crippen molar-refractivity contribution in [3.8, 4) is 11.3 Å². The lowest BCUT2D eigenvalue weighted by molar-refractivity contribution is 0.102. The molecule has 0 unspecified atom stereocenters. The van der Waals surface area contributed by atoms with Crippen LogP contribution in [0.5, 0.6) is 0 Å². The van der Waals surface area contributed by atoms with E-state index in [0.717, 1.165) is 11.8 Å². The molecular weight excluding hydrogens is 346 g/mol. The molecule has 3 aromatic rings. The molecule has 2 heterocycles. The average molecular weight is 359 g/mol. The van der Waals surface area contributed by atoms with Crippen molar-refractivity contribution >= 4 is 32.2 Å². The summed E-state index contributed by atoms with van der Waals surface area (Å²) in [5.41, 5.74) is 1.95. The molecular formula is C16H13N3O3S2. The minimum Gasteiger partial charge on any atom is -0.298 e. The predicted molar refractivity (Wildman–Crippen MR) is 92.9 cm³/mol. The second-order valence-electron chi connectivity index (χ2n) is 5.02. The smallest absolute Gasteiger partial charge is 0.257 e. The topological polar surface area (TPSA) is 89.0 Å². The Kier molecular flexibility index (Phi) is 4.41. The van der Waals surface area contributed by atoms with Crippen molar-refractivity contribution in [2.45, 2.75) is 4.90 Å². The van der Waals surface area contributed by atoms with Gasteiger partial charge in [0.15, 0.2) is 15.0 Å². The Hall–Kier alpha value is -2.58. The van der Waals surface area contributed by atoms with E-state index in [1.807, 2.05) is 0 Å². The summed E-state index contributed by atoms with van der Waals surface area (Å²) in [6.45, 7) is 0. The van der Waals surface area contributed by atoms with Crippen LogP contribution in [0.25, 0.3) is 11.3 Å². The molecule has 0 fully saturated rings. The van der Waals surface area contributed by atoms with Gasteiger partial charge >= 0.3 is 0 Å². The van der Waals surface area contributed by atoms with Crippen molar-refractivity contribution in [1.29, 1.82) is 0 Å². The van der Waals surface area contributed by atoms with Gasteiger partial charge in [0.25, 0.3) is 5.91 Å². The van der Waals surface area contributed by atoms with E-state index in [1.165, 1.54) is 11.3 Å². The number of benzene rings is 1. The van der Waals surface area contributed by atoms with Crippen LogP contribution in [0.2, 0.25) is 0 Å². The van der Waals surface area contributed by atoms with Crippen LogP contribution < -0.4 is 5.32 Å². The quantitative estimate of drug-likeness (QED) is 0.774. The predicted octanol–water partition coefficient (Wildman–Crippen LogP) is 2.86. The number of rotatable bonds is 4. The van der Waals surface area contributed by atoms with Crippen LogP contribution in [0.1, 0.15) is 10.4 Å². The van der Waals surface area contributed by atoms with Crippen molar-refractivity contribution in [3.05, 3.63) is 59.7 Å². The number of carbonyl (C=O) groups is 1. The number of sulfone groups is 1. The number of pyridine rings is 1. The standard InChI is InChI=1S/C16H13N3O3S2/c1-24(21,22)13-4-2-11(3-5-13)14-10-23-16(18-14)19-15(20)12-6-8-17-9-7-12/h2-10H,1H3,(H,18,19,20). The Morgan fingerprint density at radius 1 is 1.08 bits per heavy atom. The first-order chi connectivity index (χ1) is 11.4. The number of anilines is 1. The molecule has 8 heteroatoms. The van der Waals surface area contributed by atoms with E-state index in [1.54, 1.807) is 54.2 Å². The number of nitrogens with one attached hydrogen (secondary N) is 1. The van der Waals surface area contributed by atoms with Crippen LogP contribution in [0.4, 0.5) is 5.13 Å². The number of carbonyl (C=O) groups excluding carboxylic acids is 1. The fourth-order valence-electron chi connectivity index (χ4n) is 2.01. The van der Waals surface area contributed by atoms with Gasteiger partial charge in [-0.05, 0) is 24.3 Å². The highest BCUT2D eigenvalue weighted by molar-refractivity contribution is 7.90. The Labute approximate surface area is 143 Å². The van der Waals surface area contributed by atoms with Crippen LogP contribution in [0.3, 0.4) is 0 Å². The molecule has 0 saturated carbocycles. The van der Waals surface area contributed by atoms with Gasteiger partial charge in [-0.1, -0.05) is 12.1 Å². The molecule has 1 N–H and O–H groups in total. The summed E-state index contributed by atoms with van der Waals surface area (Å²) in [6, 6.07) is 9.71. The van der Waals surface area contributed by atoms with Crippen molar-refractivity contribution in [3.63, 3.8) is 0 Å². The van der Waals surface area contributed by atoms with Crippen molar-refractivity contribution in [2.24, 2.45) is 0 Å². The molecule has 0 aliphatic heterocycles. The maximum atomic E-state index is 12.1. The molecule has 0 bridgehead atoms. The van der Waals surface area contributed by atoms with Crippen LogP contribution in [-0.2, 0) is 9.84 Å². The van der Waals surface area contributed by atoms with Gasteiger partial charge in [-0.3, -0.25) is 15.1 Å². The molecule has 6 nitrogen and oxygen atoms in total. The normalized spacial score (nSPS) is 11.2. The summed E-state index contributed by atoms with van der Waals surface area (Å²) in [7, 11) is -3.22. The molecule has 0 aliphatic carbocycles. The minimum atomic E-state index is -3.22. The first kappa shape index (κ1) is 16.3. The highest BCUT2D eigenvalue weighted by atomic mass is 32.2. The SMILES string of the molecule is CS(=O)(=O)c1ccc(-c2csc(NC(=O)c3ccncc3)n2)cc1. The van der Waals surface area contributed by atoms with E-state index in [2.05, 4.69) is 15.3 Å². The third-order valence-electron chi connectivity index (χ3n) is 3.25. The van der Waals surface area contributed by atoms with Crippen molar-refractivity contribution in [2.75, 3.05) is 11.6 Å². The van der Waals surface area contributed by atoms with E-state index in [0.29, 0.717) is 16.4 Å². The summed E-state index contributed by atoms with van der Waals surface area (Å²) in [6.07, 6.45) is 4.26. The van der Waals surface area contributed by atoms with Gasteiger partial charge in [0.1, 0.15) is 0 Å². The third kappa shape index (κ3) is 3.66. The van der Waals surface area contributed by atoms with Gasteiger partial charge in [-0.15, -0.1) is 11.3 Å². The zero-order valence-electron chi connectivity index (χ0n) is 12.6. The van der Waals surface area contributed by atoms with Crippen LogP contribution in [0, 0.1) is 0 Å². The lowest BCUT2D eigenvalue weighted by atomic mass is 10.2. The number of hydrogen-bond acceptors (Lipinski definition) is 6. The molecule has 122 valence electrons. The largest absolute Gasteiger partial charge is 0.298 e. The Morgan fingerprint density at radius 2 is 1.75 bits per heavy atom. The highest BCUT2D eigenvalue weighted by Gasteiger charge is 2.11. The second-order valence-corrected chi connectivity index (χ2v) is 7.90. The lowest BCUT2D eigenvalue weighted by Crippen LogP contribution is -2.11. The molecule has 0 radical (unpaired) electrons. The zero-order valence-corrected chi connectivity index (χ0v) is 14.3. The summed E-state index contributed by atoms with van der Waals surface area (Å²) < 4.78 is 23.0. The van der Waals surface area contributed by atoms with Gasteiger partial charge in [-0.2, -0.15) is 0 Å². The summed E-state index contributed by atoms with van der Waals surface area (Å²) in [5.74, 6) is -0.259. The van der Waals surface area contributed by atoms with Gasteiger partial charge < -0.3 is 0 Å². The molecule has 0 spiro atoms. The summed E-state index contributed by atoms with van der Waals surface area (Å²) >= 11 is 1.30. The number of amides is 1. The Balaban J connectivity index is 1.77. The second kappa shape index (κ2) is 6.50. The van der Waals surface area contributed by atoms with Gasteiger partial charge in [0, 0.05) is 35.2 Å². The highest BCUT2D eigenvalue weighted by Crippen LogP contribution is 2.26. The molecule has 0 aliphatic rings. The molecule has 1 aromatic carbocycles. The monoisotopic (exact) mass is 359 g/mol. The maximum absolute atomic E-state index is 12.1. The van der Waals surface area contributed by atoms with Crippen LogP contribution >= 0.6 is 11.3 Å². The van der Waals surface area contributed by atoms with E-state index >= 15 is 0 Å². The lowest BCUT2D eigenvalue weighted by Gasteiger charge is -2.01. The van der Waals surface area contributed by atoms with Gasteiger partial charge in [0.05, 0.1) is 10.6 Å². The van der Waals surface area contributed by atoms with E-state index < -0.39 is 9.84 Å². The Bertz CT molecular complexity index is 965. The molecule has 3 rings (SSSR count). The minimum absolute atomic E-state index is 0.257. The van der Waals surface area contributed by atoms with E-state index in [4.69, 9.17) is 0 Å². The zero-order chi connectivity index (χ0) is 17.2. The van der Waals surface area contributed by atoms with Crippen LogP contribution in [0.15, 0.2) is 59.1 Å². The van der Waals surface area contributed by atoms with Gasteiger partial charge in [0.2, 0.25) is 0 Å². The fourth-order valence-corrected chi connectivity index (χ4v) is 3.35. The molecule has 0 saturated heterocycles. The fraction of sp³-hybridized carbons (Fsp3) is 0.0625. The number of thiazole rings is 1. The van der Waals surface area contributed by atoms with Crippen molar-refractivity contribution < 1.29 is 13.2 Å². The Morgan fingerprint density at radius 3 is 2.38 bits per heavy atom. The van der Waals surface area contributed by atoms with Gasteiger partial charge in [-0.25, -0.2) is 13.4 Å². The first-order valence-corrected chi connectivity index (χ1v) is 9.68. The van der Waals surface area contributed by atoms with Crippen molar-refractivity contribution in [1.82, 2.24) is 9.97 Å².